The van der Waals surface area contributed by atoms with Crippen molar-refractivity contribution in [2.24, 2.45) is 4.99 Å². The molecule has 0 radical (unpaired) electrons. The van der Waals surface area contributed by atoms with Crippen LogP contribution >= 0.6 is 0 Å². The summed E-state index contributed by atoms with van der Waals surface area (Å²) in [5.74, 6) is 2.18. The third-order valence-corrected chi connectivity index (χ3v) is 3.81. The van der Waals surface area contributed by atoms with Crippen molar-refractivity contribution in [2.75, 3.05) is 20.1 Å². The fourth-order valence-corrected chi connectivity index (χ4v) is 2.31. The molecule has 1 heterocycles. The van der Waals surface area contributed by atoms with E-state index in [1.54, 1.807) is 25.2 Å². The summed E-state index contributed by atoms with van der Waals surface area (Å²) in [4.78, 5) is 8.52. The molecule has 0 spiro atoms. The number of hydrogen-bond acceptors (Lipinski definition) is 5. The standard InChI is InChI=1S/C19H28FN5O2/c1-13(2)18-24-17(27-25-18)10-7-11-22-19(21-4)23-12-14(3)26-16-9-6-5-8-15(16)20/h5-6,8-9,13-14H,7,10-12H2,1-4H3,(H2,21,22,23). The molecule has 1 aromatic carbocycles. The fourth-order valence-electron chi connectivity index (χ4n) is 2.31. The van der Waals surface area contributed by atoms with Crippen LogP contribution in [0.15, 0.2) is 33.8 Å². The van der Waals surface area contributed by atoms with Crippen LogP contribution in [-0.2, 0) is 6.42 Å². The van der Waals surface area contributed by atoms with E-state index in [9.17, 15) is 4.39 Å². The predicted octanol–water partition coefficient (Wildman–Crippen LogP) is 2.90. The number of rotatable bonds is 9. The summed E-state index contributed by atoms with van der Waals surface area (Å²) in [6.07, 6.45) is 1.33. The van der Waals surface area contributed by atoms with Gasteiger partial charge in [-0.3, -0.25) is 4.99 Å². The van der Waals surface area contributed by atoms with E-state index in [2.05, 4.69) is 25.8 Å². The second-order valence-electron chi connectivity index (χ2n) is 6.54. The molecule has 7 nitrogen and oxygen atoms in total. The zero-order chi connectivity index (χ0) is 19.6. The first-order valence-corrected chi connectivity index (χ1v) is 9.17. The van der Waals surface area contributed by atoms with Gasteiger partial charge in [-0.05, 0) is 25.5 Å². The van der Waals surface area contributed by atoms with Crippen molar-refractivity contribution in [2.45, 2.75) is 45.6 Å². The third kappa shape index (κ3) is 6.88. The number of para-hydroxylation sites is 1. The van der Waals surface area contributed by atoms with E-state index in [1.165, 1.54) is 6.07 Å². The number of nitrogens with zero attached hydrogens (tertiary/aromatic N) is 3. The van der Waals surface area contributed by atoms with E-state index >= 15 is 0 Å². The quantitative estimate of drug-likeness (QED) is 0.397. The Morgan fingerprint density at radius 3 is 2.70 bits per heavy atom. The van der Waals surface area contributed by atoms with Gasteiger partial charge < -0.3 is 19.9 Å². The van der Waals surface area contributed by atoms with Gasteiger partial charge in [-0.25, -0.2) is 4.39 Å². The summed E-state index contributed by atoms with van der Waals surface area (Å²) < 4.78 is 24.4. The molecule has 2 rings (SSSR count). The van der Waals surface area contributed by atoms with Crippen LogP contribution in [0.4, 0.5) is 4.39 Å². The number of aryl methyl sites for hydroxylation is 1. The van der Waals surface area contributed by atoms with Gasteiger partial charge in [0.25, 0.3) is 0 Å². The van der Waals surface area contributed by atoms with Gasteiger partial charge in [0.1, 0.15) is 6.10 Å². The molecule has 2 aromatic rings. The Kier molecular flexibility index (Phi) is 8.03. The Bertz CT molecular complexity index is 732. The Balaban J connectivity index is 1.67. The molecule has 148 valence electrons. The van der Waals surface area contributed by atoms with E-state index in [0.29, 0.717) is 31.4 Å². The number of hydrogen-bond donors (Lipinski definition) is 2. The molecule has 1 atom stereocenters. The minimum absolute atomic E-state index is 0.215. The second-order valence-corrected chi connectivity index (χ2v) is 6.54. The van der Waals surface area contributed by atoms with Crippen LogP contribution in [0.3, 0.4) is 0 Å². The van der Waals surface area contributed by atoms with Crippen LogP contribution in [0.1, 0.15) is 44.8 Å². The van der Waals surface area contributed by atoms with Gasteiger partial charge in [0.15, 0.2) is 23.4 Å². The van der Waals surface area contributed by atoms with Crippen LogP contribution < -0.4 is 15.4 Å². The first-order valence-electron chi connectivity index (χ1n) is 9.17. The average molecular weight is 377 g/mol. The van der Waals surface area contributed by atoms with Gasteiger partial charge in [0, 0.05) is 25.9 Å². The summed E-state index contributed by atoms with van der Waals surface area (Å²) in [6.45, 7) is 7.14. The Morgan fingerprint density at radius 2 is 2.04 bits per heavy atom. The fraction of sp³-hybridized carbons (Fsp3) is 0.526. The first kappa shape index (κ1) is 20.7. The van der Waals surface area contributed by atoms with Gasteiger partial charge in [0.05, 0.1) is 6.54 Å². The second kappa shape index (κ2) is 10.5. The van der Waals surface area contributed by atoms with Gasteiger partial charge >= 0.3 is 0 Å². The molecular weight excluding hydrogens is 349 g/mol. The minimum Gasteiger partial charge on any atom is -0.486 e. The Hall–Kier alpha value is -2.64. The largest absolute Gasteiger partial charge is 0.486 e. The molecule has 0 aliphatic carbocycles. The molecule has 0 amide bonds. The highest BCUT2D eigenvalue weighted by molar-refractivity contribution is 5.79. The molecule has 0 fully saturated rings. The van der Waals surface area contributed by atoms with Crippen molar-refractivity contribution in [3.63, 3.8) is 0 Å². The van der Waals surface area contributed by atoms with Crippen LogP contribution in [0.2, 0.25) is 0 Å². The number of aromatic nitrogens is 2. The van der Waals surface area contributed by atoms with E-state index in [0.717, 1.165) is 12.2 Å². The molecule has 27 heavy (non-hydrogen) atoms. The van der Waals surface area contributed by atoms with Crippen LogP contribution in [0.5, 0.6) is 5.75 Å². The molecule has 2 N–H and O–H groups in total. The number of guanidine groups is 1. The van der Waals surface area contributed by atoms with Crippen LogP contribution in [0, 0.1) is 5.82 Å². The monoisotopic (exact) mass is 377 g/mol. The predicted molar refractivity (Wildman–Crippen MR) is 103 cm³/mol. The molecule has 0 saturated carbocycles. The van der Waals surface area contributed by atoms with Crippen molar-refractivity contribution >= 4 is 5.96 Å². The van der Waals surface area contributed by atoms with E-state index in [4.69, 9.17) is 9.26 Å². The summed E-state index contributed by atoms with van der Waals surface area (Å²) in [5, 5.41) is 10.3. The van der Waals surface area contributed by atoms with Crippen LogP contribution in [-0.4, -0.2) is 42.3 Å². The van der Waals surface area contributed by atoms with E-state index in [-0.39, 0.29) is 23.6 Å². The highest BCUT2D eigenvalue weighted by atomic mass is 19.1. The SMILES string of the molecule is CN=C(NCCCc1nc(C(C)C)no1)NCC(C)Oc1ccccc1F. The van der Waals surface area contributed by atoms with Gasteiger partial charge in [-0.1, -0.05) is 31.1 Å². The summed E-state index contributed by atoms with van der Waals surface area (Å²) in [7, 11) is 1.70. The lowest BCUT2D eigenvalue weighted by atomic mass is 10.2. The van der Waals surface area contributed by atoms with Crippen molar-refractivity contribution < 1.29 is 13.7 Å². The lowest BCUT2D eigenvalue weighted by Crippen LogP contribution is -2.42. The molecule has 0 aliphatic heterocycles. The lowest BCUT2D eigenvalue weighted by Gasteiger charge is -2.18. The molecule has 1 unspecified atom stereocenters. The Morgan fingerprint density at radius 1 is 1.26 bits per heavy atom. The van der Waals surface area contributed by atoms with Gasteiger partial charge in [0.2, 0.25) is 5.89 Å². The number of benzene rings is 1. The topological polar surface area (TPSA) is 84.6 Å². The molecular formula is C19H28FN5O2. The van der Waals surface area contributed by atoms with Gasteiger partial charge in [-0.15, -0.1) is 0 Å². The smallest absolute Gasteiger partial charge is 0.226 e. The molecule has 0 bridgehead atoms. The van der Waals surface area contributed by atoms with E-state index < -0.39 is 0 Å². The summed E-state index contributed by atoms with van der Waals surface area (Å²) in [6, 6.07) is 6.37. The zero-order valence-electron chi connectivity index (χ0n) is 16.3. The third-order valence-electron chi connectivity index (χ3n) is 3.81. The maximum Gasteiger partial charge on any atom is 0.226 e. The van der Waals surface area contributed by atoms with Crippen molar-refractivity contribution in [3.05, 3.63) is 41.8 Å². The average Bonchev–Trinajstić information content (AvgIpc) is 3.12. The number of aliphatic imine (C=N–C) groups is 1. The highest BCUT2D eigenvalue weighted by Crippen LogP contribution is 2.16. The number of nitrogens with one attached hydrogen (secondary N) is 2. The van der Waals surface area contributed by atoms with Crippen LogP contribution in [0.25, 0.3) is 0 Å². The minimum atomic E-state index is -0.367. The van der Waals surface area contributed by atoms with Gasteiger partial charge in [-0.2, -0.15) is 4.98 Å². The summed E-state index contributed by atoms with van der Waals surface area (Å²) >= 11 is 0. The van der Waals surface area contributed by atoms with Crippen molar-refractivity contribution in [1.82, 2.24) is 20.8 Å². The first-order chi connectivity index (χ1) is 13.0. The Labute approximate surface area is 159 Å². The maximum atomic E-state index is 13.6. The molecule has 8 heteroatoms. The molecule has 0 saturated heterocycles. The molecule has 0 aliphatic rings. The highest BCUT2D eigenvalue weighted by Gasteiger charge is 2.10. The van der Waals surface area contributed by atoms with Crippen molar-refractivity contribution in [3.8, 4) is 5.75 Å². The van der Waals surface area contributed by atoms with Crippen molar-refractivity contribution in [1.29, 1.82) is 0 Å². The number of halogens is 1. The normalized spacial score (nSPS) is 12.9. The molecule has 1 aromatic heterocycles. The van der Waals surface area contributed by atoms with E-state index in [1.807, 2.05) is 20.8 Å². The zero-order valence-corrected chi connectivity index (χ0v) is 16.3. The maximum absolute atomic E-state index is 13.6. The number of ether oxygens (including phenoxy) is 1. The summed E-state index contributed by atoms with van der Waals surface area (Å²) in [5.41, 5.74) is 0. The lowest BCUT2D eigenvalue weighted by molar-refractivity contribution is 0.214.